The molecule has 0 aliphatic carbocycles. The lowest BCUT2D eigenvalue weighted by molar-refractivity contribution is -0.116. The van der Waals surface area contributed by atoms with Gasteiger partial charge in [0, 0.05) is 11.9 Å². The maximum Gasteiger partial charge on any atom is 0.280 e. The quantitative estimate of drug-likeness (QED) is 0.550. The molecule has 0 aliphatic heterocycles. The van der Waals surface area contributed by atoms with Gasteiger partial charge in [0.15, 0.2) is 5.65 Å². The first-order chi connectivity index (χ1) is 14.5. The first kappa shape index (κ1) is 19.6. The Morgan fingerprint density at radius 1 is 1.03 bits per heavy atom. The van der Waals surface area contributed by atoms with Crippen LogP contribution in [0.1, 0.15) is 23.6 Å². The minimum Gasteiger partial charge on any atom is -0.324 e. The first-order valence-corrected chi connectivity index (χ1v) is 10.0. The normalized spacial score (nSPS) is 11.0. The molecule has 0 bridgehead atoms. The molecule has 0 saturated carbocycles. The highest BCUT2D eigenvalue weighted by atomic mass is 16.2. The van der Waals surface area contributed by atoms with Crippen molar-refractivity contribution in [1.82, 2.24) is 14.3 Å². The van der Waals surface area contributed by atoms with Crippen molar-refractivity contribution >= 4 is 22.6 Å². The molecule has 2 aromatic heterocycles. The van der Waals surface area contributed by atoms with Crippen molar-refractivity contribution in [2.24, 2.45) is 0 Å². The van der Waals surface area contributed by atoms with Crippen LogP contribution in [-0.2, 0) is 17.8 Å². The summed E-state index contributed by atoms with van der Waals surface area (Å²) in [6.07, 6.45) is 2.49. The molecule has 0 saturated heterocycles. The standard InChI is InChI=1S/C24H24N4O2/c1-4-18-7-5-8-20(14-18)28-24(30)21-9-6-12-25-23(21)27(28)15-22(29)26-19-11-10-16(2)17(3)13-19/h5-14H,4,15H2,1-3H3,(H,26,29). The van der Waals surface area contributed by atoms with E-state index in [1.54, 1.807) is 23.0 Å². The van der Waals surface area contributed by atoms with Gasteiger partial charge in [0.25, 0.3) is 5.56 Å². The van der Waals surface area contributed by atoms with Crippen molar-refractivity contribution in [2.75, 3.05) is 5.32 Å². The maximum absolute atomic E-state index is 13.1. The molecule has 6 heteroatoms. The van der Waals surface area contributed by atoms with E-state index >= 15 is 0 Å². The molecule has 2 aromatic carbocycles. The molecule has 6 nitrogen and oxygen atoms in total. The summed E-state index contributed by atoms with van der Waals surface area (Å²) in [6, 6.07) is 17.1. The van der Waals surface area contributed by atoms with Gasteiger partial charge in [0.05, 0.1) is 11.1 Å². The summed E-state index contributed by atoms with van der Waals surface area (Å²) in [5, 5.41) is 3.42. The molecule has 1 amide bonds. The molecule has 30 heavy (non-hydrogen) atoms. The predicted octanol–water partition coefficient (Wildman–Crippen LogP) is 4.01. The third kappa shape index (κ3) is 3.64. The van der Waals surface area contributed by atoms with Crippen molar-refractivity contribution in [3.63, 3.8) is 0 Å². The lowest BCUT2D eigenvalue weighted by atomic mass is 10.1. The molecule has 0 fully saturated rings. The molecule has 0 aliphatic rings. The van der Waals surface area contributed by atoms with Gasteiger partial charge in [-0.2, -0.15) is 0 Å². The van der Waals surface area contributed by atoms with Crippen molar-refractivity contribution in [2.45, 2.75) is 33.7 Å². The topological polar surface area (TPSA) is 68.9 Å². The molecule has 152 valence electrons. The molecule has 4 aromatic rings. The van der Waals surface area contributed by atoms with Crippen LogP contribution in [0.2, 0.25) is 0 Å². The number of carbonyl (C=O) groups is 1. The summed E-state index contributed by atoms with van der Waals surface area (Å²) in [7, 11) is 0. The van der Waals surface area contributed by atoms with Crippen molar-refractivity contribution in [3.05, 3.63) is 87.8 Å². The Hall–Kier alpha value is -3.67. The third-order valence-corrected chi connectivity index (χ3v) is 5.34. The van der Waals surface area contributed by atoms with Crippen molar-refractivity contribution < 1.29 is 4.79 Å². The van der Waals surface area contributed by atoms with Crippen LogP contribution in [0.3, 0.4) is 0 Å². The van der Waals surface area contributed by atoms with Crippen molar-refractivity contribution in [1.29, 1.82) is 0 Å². The van der Waals surface area contributed by atoms with Crippen LogP contribution in [0.5, 0.6) is 0 Å². The lowest BCUT2D eigenvalue weighted by Gasteiger charge is -2.14. The number of pyridine rings is 1. The number of anilines is 1. The second-order valence-electron chi connectivity index (χ2n) is 7.42. The number of nitrogens with one attached hydrogen (secondary N) is 1. The Morgan fingerprint density at radius 3 is 2.63 bits per heavy atom. The fraction of sp³-hybridized carbons (Fsp3) is 0.208. The highest BCUT2D eigenvalue weighted by molar-refractivity contribution is 5.91. The number of aryl methyl sites for hydroxylation is 3. The van der Waals surface area contributed by atoms with Crippen LogP contribution in [0.4, 0.5) is 5.69 Å². The van der Waals surface area contributed by atoms with E-state index in [2.05, 4.69) is 17.2 Å². The zero-order chi connectivity index (χ0) is 21.3. The fourth-order valence-corrected chi connectivity index (χ4v) is 3.55. The number of hydrogen-bond acceptors (Lipinski definition) is 3. The average molecular weight is 400 g/mol. The molecule has 0 radical (unpaired) electrons. The fourth-order valence-electron chi connectivity index (χ4n) is 3.55. The largest absolute Gasteiger partial charge is 0.324 e. The SMILES string of the molecule is CCc1cccc(-n2c(=O)c3cccnc3n2CC(=O)Nc2ccc(C)c(C)c2)c1. The summed E-state index contributed by atoms with van der Waals surface area (Å²) in [4.78, 5) is 30.4. The van der Waals surface area contributed by atoms with E-state index in [1.807, 2.05) is 56.3 Å². The third-order valence-electron chi connectivity index (χ3n) is 5.34. The molecule has 0 unspecified atom stereocenters. The smallest absolute Gasteiger partial charge is 0.280 e. The zero-order valence-electron chi connectivity index (χ0n) is 17.3. The Bertz CT molecular complexity index is 1300. The Labute approximate surface area is 174 Å². The van der Waals surface area contributed by atoms with Crippen LogP contribution in [-0.4, -0.2) is 20.3 Å². The average Bonchev–Trinajstić information content (AvgIpc) is 3.02. The summed E-state index contributed by atoms with van der Waals surface area (Å²) in [6.45, 7) is 6.07. The zero-order valence-corrected chi connectivity index (χ0v) is 17.3. The number of carbonyl (C=O) groups excluding carboxylic acids is 1. The van der Waals surface area contributed by atoms with Gasteiger partial charge < -0.3 is 5.32 Å². The molecule has 0 spiro atoms. The highest BCUT2D eigenvalue weighted by Gasteiger charge is 2.18. The maximum atomic E-state index is 13.1. The predicted molar refractivity (Wildman–Crippen MR) is 119 cm³/mol. The first-order valence-electron chi connectivity index (χ1n) is 10.0. The van der Waals surface area contributed by atoms with Gasteiger partial charge in [-0.15, -0.1) is 0 Å². The van der Waals surface area contributed by atoms with Crippen LogP contribution < -0.4 is 10.9 Å². The van der Waals surface area contributed by atoms with E-state index in [4.69, 9.17) is 0 Å². The highest BCUT2D eigenvalue weighted by Crippen LogP contribution is 2.17. The molecule has 0 atom stereocenters. The van der Waals surface area contributed by atoms with Gasteiger partial charge in [-0.3, -0.25) is 14.3 Å². The van der Waals surface area contributed by atoms with Gasteiger partial charge in [-0.05, 0) is 73.4 Å². The molecule has 1 N–H and O–H groups in total. The minimum atomic E-state index is -0.221. The van der Waals surface area contributed by atoms with E-state index < -0.39 is 0 Å². The molecule has 2 heterocycles. The van der Waals surface area contributed by atoms with Gasteiger partial charge in [-0.1, -0.05) is 25.1 Å². The minimum absolute atomic E-state index is 0.0287. The number of benzene rings is 2. The Balaban J connectivity index is 1.76. The summed E-state index contributed by atoms with van der Waals surface area (Å²) >= 11 is 0. The summed E-state index contributed by atoms with van der Waals surface area (Å²) in [5.41, 5.74) is 5.13. The Kier molecular flexibility index (Phi) is 5.23. The lowest BCUT2D eigenvalue weighted by Crippen LogP contribution is -2.27. The molecule has 4 rings (SSSR count). The number of fused-ring (bicyclic) bond motifs is 1. The van der Waals surface area contributed by atoms with E-state index in [1.165, 1.54) is 10.2 Å². The number of hydrogen-bond donors (Lipinski definition) is 1. The van der Waals surface area contributed by atoms with Gasteiger partial charge in [0.2, 0.25) is 5.91 Å². The van der Waals surface area contributed by atoms with Crippen LogP contribution in [0.25, 0.3) is 16.7 Å². The van der Waals surface area contributed by atoms with Crippen LogP contribution >= 0.6 is 0 Å². The second-order valence-corrected chi connectivity index (χ2v) is 7.42. The van der Waals surface area contributed by atoms with Crippen molar-refractivity contribution in [3.8, 4) is 5.69 Å². The van der Waals surface area contributed by atoms with Gasteiger partial charge in [0.1, 0.15) is 6.54 Å². The van der Waals surface area contributed by atoms with E-state index in [0.717, 1.165) is 28.9 Å². The van der Waals surface area contributed by atoms with Crippen LogP contribution in [0, 0.1) is 13.8 Å². The number of rotatable bonds is 5. The number of amides is 1. The molecular weight excluding hydrogens is 376 g/mol. The summed E-state index contributed by atoms with van der Waals surface area (Å²) in [5.74, 6) is -0.221. The second kappa shape index (κ2) is 7.99. The van der Waals surface area contributed by atoms with Gasteiger partial charge >= 0.3 is 0 Å². The van der Waals surface area contributed by atoms with E-state index in [-0.39, 0.29) is 18.0 Å². The monoisotopic (exact) mass is 400 g/mol. The number of nitrogens with zero attached hydrogens (tertiary/aromatic N) is 3. The number of aromatic nitrogens is 3. The Morgan fingerprint density at radius 2 is 1.87 bits per heavy atom. The van der Waals surface area contributed by atoms with E-state index in [9.17, 15) is 9.59 Å². The van der Waals surface area contributed by atoms with Crippen LogP contribution in [0.15, 0.2) is 65.6 Å². The molecular formula is C24H24N4O2. The van der Waals surface area contributed by atoms with Gasteiger partial charge in [-0.25, -0.2) is 9.67 Å². The summed E-state index contributed by atoms with van der Waals surface area (Å²) < 4.78 is 3.18. The van der Waals surface area contributed by atoms with E-state index in [0.29, 0.717) is 11.0 Å².